The molecule has 0 bridgehead atoms. The van der Waals surface area contributed by atoms with Gasteiger partial charge in [-0.3, -0.25) is 9.59 Å². The molecule has 1 aromatic rings. The third-order valence-electron chi connectivity index (χ3n) is 3.63. The molecule has 6 nitrogen and oxygen atoms in total. The number of halogens is 1. The Balaban J connectivity index is 2.15. The summed E-state index contributed by atoms with van der Waals surface area (Å²) in [4.78, 5) is 23.3. The van der Waals surface area contributed by atoms with Gasteiger partial charge in [0.1, 0.15) is 5.82 Å². The number of nitrogens with one attached hydrogen (secondary N) is 2. The van der Waals surface area contributed by atoms with E-state index in [1.165, 1.54) is 13.0 Å². The number of carbonyl (C=O) groups excluding carboxylic acids is 2. The van der Waals surface area contributed by atoms with Crippen molar-refractivity contribution in [2.75, 3.05) is 19.0 Å². The Bertz CT molecular complexity index is 577. The van der Waals surface area contributed by atoms with Crippen LogP contribution in [-0.4, -0.2) is 37.6 Å². The van der Waals surface area contributed by atoms with Crippen molar-refractivity contribution in [3.8, 4) is 0 Å². The number of anilines is 1. The molecule has 1 aliphatic rings. The van der Waals surface area contributed by atoms with Gasteiger partial charge in [0.05, 0.1) is 12.1 Å². The van der Waals surface area contributed by atoms with Crippen molar-refractivity contribution in [1.29, 1.82) is 0 Å². The molecule has 0 saturated carbocycles. The standard InChI is InChI=1S/C14H18FN3O3/c1-7-10(15)3-8(13(16)19)4-11(7)18-14(20)12-5-9(21-2)6-17-12/h3-4,9,12,17H,5-6H2,1-2H3,(H2,16,19)(H,18,20). The van der Waals surface area contributed by atoms with E-state index in [2.05, 4.69) is 10.6 Å². The fourth-order valence-electron chi connectivity index (χ4n) is 2.25. The third kappa shape index (κ3) is 3.37. The maximum atomic E-state index is 13.7. The monoisotopic (exact) mass is 295 g/mol. The van der Waals surface area contributed by atoms with Gasteiger partial charge in [-0.25, -0.2) is 4.39 Å². The smallest absolute Gasteiger partial charge is 0.248 e. The molecule has 2 unspecified atom stereocenters. The lowest BCUT2D eigenvalue weighted by Crippen LogP contribution is -2.35. The van der Waals surface area contributed by atoms with Gasteiger partial charge in [0.25, 0.3) is 0 Å². The number of nitrogens with two attached hydrogens (primary N) is 1. The van der Waals surface area contributed by atoms with Gasteiger partial charge < -0.3 is 21.1 Å². The van der Waals surface area contributed by atoms with Crippen LogP contribution in [0.25, 0.3) is 0 Å². The summed E-state index contributed by atoms with van der Waals surface area (Å²) in [5.41, 5.74) is 5.67. The number of hydrogen-bond acceptors (Lipinski definition) is 4. The van der Waals surface area contributed by atoms with E-state index in [4.69, 9.17) is 10.5 Å². The average Bonchev–Trinajstić information content (AvgIpc) is 2.92. The van der Waals surface area contributed by atoms with Crippen LogP contribution in [-0.2, 0) is 9.53 Å². The quantitative estimate of drug-likeness (QED) is 0.756. The maximum absolute atomic E-state index is 13.7. The van der Waals surface area contributed by atoms with Crippen molar-refractivity contribution in [3.63, 3.8) is 0 Å². The van der Waals surface area contributed by atoms with Gasteiger partial charge >= 0.3 is 0 Å². The van der Waals surface area contributed by atoms with E-state index in [-0.39, 0.29) is 28.8 Å². The van der Waals surface area contributed by atoms with Gasteiger partial charge in [-0.2, -0.15) is 0 Å². The number of ether oxygens (including phenoxy) is 1. The van der Waals surface area contributed by atoms with Crippen molar-refractivity contribution in [3.05, 3.63) is 29.1 Å². The van der Waals surface area contributed by atoms with Gasteiger partial charge in [-0.1, -0.05) is 0 Å². The Labute approximate surface area is 121 Å². The second kappa shape index (κ2) is 6.19. The second-order valence-electron chi connectivity index (χ2n) is 5.04. The molecule has 0 spiro atoms. The Hall–Kier alpha value is -1.99. The Morgan fingerprint density at radius 3 is 2.76 bits per heavy atom. The highest BCUT2D eigenvalue weighted by molar-refractivity contribution is 5.98. The molecule has 0 radical (unpaired) electrons. The topological polar surface area (TPSA) is 93.4 Å². The van der Waals surface area contributed by atoms with Crippen LogP contribution in [0.1, 0.15) is 22.3 Å². The molecule has 1 saturated heterocycles. The number of methoxy groups -OCH3 is 1. The van der Waals surface area contributed by atoms with Crippen LogP contribution in [0.5, 0.6) is 0 Å². The fraction of sp³-hybridized carbons (Fsp3) is 0.429. The molecule has 2 rings (SSSR count). The summed E-state index contributed by atoms with van der Waals surface area (Å²) in [6, 6.07) is 2.03. The summed E-state index contributed by atoms with van der Waals surface area (Å²) < 4.78 is 18.9. The molecule has 1 fully saturated rings. The first-order valence-electron chi connectivity index (χ1n) is 6.59. The SMILES string of the molecule is COC1CNC(C(=O)Nc2cc(C(N)=O)cc(F)c2C)C1. The molecule has 7 heteroatoms. The molecular formula is C14H18FN3O3. The minimum Gasteiger partial charge on any atom is -0.380 e. The van der Waals surface area contributed by atoms with E-state index in [0.717, 1.165) is 6.07 Å². The minimum atomic E-state index is -0.747. The minimum absolute atomic E-state index is 0.0162. The van der Waals surface area contributed by atoms with Crippen LogP contribution in [0, 0.1) is 12.7 Å². The first kappa shape index (κ1) is 15.4. The summed E-state index contributed by atoms with van der Waals surface area (Å²) in [6.45, 7) is 2.11. The Morgan fingerprint density at radius 1 is 1.48 bits per heavy atom. The highest BCUT2D eigenvalue weighted by atomic mass is 19.1. The number of primary amides is 1. The zero-order valence-electron chi connectivity index (χ0n) is 11.9. The van der Waals surface area contributed by atoms with Gasteiger partial charge in [-0.15, -0.1) is 0 Å². The van der Waals surface area contributed by atoms with Gasteiger partial charge in [0, 0.05) is 30.5 Å². The number of hydrogen-bond donors (Lipinski definition) is 3. The van der Waals surface area contributed by atoms with E-state index < -0.39 is 17.8 Å². The highest BCUT2D eigenvalue weighted by Crippen LogP contribution is 2.21. The number of rotatable bonds is 4. The van der Waals surface area contributed by atoms with E-state index >= 15 is 0 Å². The summed E-state index contributed by atoms with van der Waals surface area (Å²) in [5.74, 6) is -1.63. The normalized spacial score (nSPS) is 21.3. The zero-order chi connectivity index (χ0) is 15.6. The summed E-state index contributed by atoms with van der Waals surface area (Å²) in [7, 11) is 1.59. The van der Waals surface area contributed by atoms with Crippen LogP contribution < -0.4 is 16.4 Å². The van der Waals surface area contributed by atoms with Gasteiger partial charge in [-0.05, 0) is 25.5 Å². The Morgan fingerprint density at radius 2 is 2.19 bits per heavy atom. The number of amides is 2. The lowest BCUT2D eigenvalue weighted by Gasteiger charge is -2.14. The maximum Gasteiger partial charge on any atom is 0.248 e. The van der Waals surface area contributed by atoms with E-state index in [1.807, 2.05) is 0 Å². The highest BCUT2D eigenvalue weighted by Gasteiger charge is 2.29. The molecule has 0 aliphatic carbocycles. The molecule has 1 aliphatic heterocycles. The van der Waals surface area contributed by atoms with E-state index in [0.29, 0.717) is 13.0 Å². The lowest BCUT2D eigenvalue weighted by atomic mass is 10.1. The average molecular weight is 295 g/mol. The van der Waals surface area contributed by atoms with Crippen molar-refractivity contribution in [2.45, 2.75) is 25.5 Å². The molecule has 0 aromatic heterocycles. The predicted molar refractivity (Wildman–Crippen MR) is 75.5 cm³/mol. The fourth-order valence-corrected chi connectivity index (χ4v) is 2.25. The van der Waals surface area contributed by atoms with Gasteiger partial charge in [0.2, 0.25) is 11.8 Å². The molecule has 1 heterocycles. The second-order valence-corrected chi connectivity index (χ2v) is 5.04. The zero-order valence-corrected chi connectivity index (χ0v) is 11.9. The molecule has 114 valence electrons. The molecule has 1 aromatic carbocycles. The van der Waals surface area contributed by atoms with Crippen LogP contribution in [0.3, 0.4) is 0 Å². The van der Waals surface area contributed by atoms with Gasteiger partial charge in [0.15, 0.2) is 0 Å². The van der Waals surface area contributed by atoms with Crippen molar-refractivity contribution in [2.24, 2.45) is 5.73 Å². The van der Waals surface area contributed by atoms with Crippen LogP contribution in [0.2, 0.25) is 0 Å². The van der Waals surface area contributed by atoms with Crippen LogP contribution in [0.4, 0.5) is 10.1 Å². The molecule has 4 N–H and O–H groups in total. The number of benzene rings is 1. The third-order valence-corrected chi connectivity index (χ3v) is 3.63. The van der Waals surface area contributed by atoms with E-state index in [9.17, 15) is 14.0 Å². The molecular weight excluding hydrogens is 277 g/mol. The summed E-state index contributed by atoms with van der Waals surface area (Å²) in [6.07, 6.45) is 0.523. The van der Waals surface area contributed by atoms with Crippen molar-refractivity contribution < 1.29 is 18.7 Å². The molecule has 21 heavy (non-hydrogen) atoms. The summed E-state index contributed by atoms with van der Waals surface area (Å²) in [5, 5.41) is 5.65. The van der Waals surface area contributed by atoms with Crippen LogP contribution in [0.15, 0.2) is 12.1 Å². The Kier molecular flexibility index (Phi) is 4.54. The van der Waals surface area contributed by atoms with Crippen molar-refractivity contribution >= 4 is 17.5 Å². The number of carbonyl (C=O) groups is 2. The first-order valence-corrected chi connectivity index (χ1v) is 6.59. The summed E-state index contributed by atoms with van der Waals surface area (Å²) >= 11 is 0. The molecule has 2 atom stereocenters. The molecule has 2 amide bonds. The van der Waals surface area contributed by atoms with Crippen molar-refractivity contribution in [1.82, 2.24) is 5.32 Å². The largest absolute Gasteiger partial charge is 0.380 e. The first-order chi connectivity index (χ1) is 9.92. The predicted octanol–water partition coefficient (Wildman–Crippen LogP) is 0.548. The van der Waals surface area contributed by atoms with Crippen LogP contribution >= 0.6 is 0 Å². The van der Waals surface area contributed by atoms with E-state index in [1.54, 1.807) is 7.11 Å². The lowest BCUT2D eigenvalue weighted by molar-refractivity contribution is -0.118.